The highest BCUT2D eigenvalue weighted by molar-refractivity contribution is 5.79. The first-order chi connectivity index (χ1) is 16.0. The molecule has 1 atom stereocenters. The Hall–Kier alpha value is -4.06. The van der Waals surface area contributed by atoms with E-state index in [0.717, 1.165) is 12.1 Å². The Bertz CT molecular complexity index is 1120. The first kappa shape index (κ1) is 23.6. The smallest absolute Gasteiger partial charge is 0.191 e. The number of aliphatic imine (C=N–C) groups is 1. The van der Waals surface area contributed by atoms with Gasteiger partial charge >= 0.3 is 0 Å². The third-order valence-corrected chi connectivity index (χ3v) is 4.93. The summed E-state index contributed by atoms with van der Waals surface area (Å²) in [5.74, 6) is 0.776. The van der Waals surface area contributed by atoms with Crippen LogP contribution in [0.1, 0.15) is 24.6 Å². The molecule has 0 saturated heterocycles. The molecule has 172 valence electrons. The minimum atomic E-state index is -0.390. The molecule has 0 aliphatic carbocycles. The first-order valence-electron chi connectivity index (χ1n) is 10.7. The van der Waals surface area contributed by atoms with Gasteiger partial charge in [-0.3, -0.25) is 4.99 Å². The molecule has 3 rings (SSSR count). The summed E-state index contributed by atoms with van der Waals surface area (Å²) in [6.07, 6.45) is 1.05. The summed E-state index contributed by atoms with van der Waals surface area (Å²) in [5.41, 5.74) is 8.03. The van der Waals surface area contributed by atoms with E-state index in [-0.39, 0.29) is 17.7 Å². The van der Waals surface area contributed by atoms with Gasteiger partial charge in [-0.25, -0.2) is 9.07 Å². The number of anilines is 1. The minimum Gasteiger partial charge on any atom is -0.486 e. The minimum absolute atomic E-state index is 0.220. The van der Waals surface area contributed by atoms with Crippen LogP contribution in [0, 0.1) is 17.1 Å². The van der Waals surface area contributed by atoms with Crippen LogP contribution in [0.15, 0.2) is 59.6 Å². The number of ether oxygens (including phenoxy) is 1. The third-order valence-electron chi connectivity index (χ3n) is 4.93. The molecular formula is C24H28FN7O. The highest BCUT2D eigenvalue weighted by Gasteiger charge is 2.16. The lowest BCUT2D eigenvalue weighted by Gasteiger charge is -2.18. The second-order valence-corrected chi connectivity index (χ2v) is 7.41. The van der Waals surface area contributed by atoms with Crippen LogP contribution in [0.2, 0.25) is 0 Å². The number of aryl methyl sites for hydroxylation is 1. The second-order valence-electron chi connectivity index (χ2n) is 7.41. The number of nitrogens with one attached hydrogen (secondary N) is 2. The Morgan fingerprint density at radius 1 is 1.21 bits per heavy atom. The molecule has 1 heterocycles. The molecule has 2 aromatic carbocycles. The standard InChI is InChI=1S/C24H28FN7O/c1-17(33-22-13-7-6-11-20(22)25)16-30-24(28-2)29-14-8-12-21-19(15-26)23(27)32(31-21)18-9-4-3-5-10-18/h3-7,9-11,13,17H,8,12,14,16,27H2,1-2H3,(H2,28,29,30). The van der Waals surface area contributed by atoms with E-state index in [9.17, 15) is 9.65 Å². The van der Waals surface area contributed by atoms with E-state index in [1.54, 1.807) is 29.9 Å². The summed E-state index contributed by atoms with van der Waals surface area (Å²) in [6.45, 7) is 2.92. The van der Waals surface area contributed by atoms with Crippen molar-refractivity contribution in [1.82, 2.24) is 20.4 Å². The molecule has 1 aromatic heterocycles. The maximum absolute atomic E-state index is 13.7. The number of nitrogens with two attached hydrogens (primary N) is 1. The van der Waals surface area contributed by atoms with Gasteiger partial charge in [-0.2, -0.15) is 10.4 Å². The van der Waals surface area contributed by atoms with Crippen molar-refractivity contribution in [3.05, 3.63) is 71.7 Å². The number of benzene rings is 2. The molecule has 0 aliphatic heterocycles. The number of hydrogen-bond acceptors (Lipinski definition) is 5. The number of aromatic nitrogens is 2. The molecule has 4 N–H and O–H groups in total. The molecule has 0 spiro atoms. The molecule has 0 aliphatic rings. The highest BCUT2D eigenvalue weighted by atomic mass is 19.1. The zero-order valence-corrected chi connectivity index (χ0v) is 18.8. The van der Waals surface area contributed by atoms with Gasteiger partial charge in [0.25, 0.3) is 0 Å². The maximum atomic E-state index is 13.7. The van der Waals surface area contributed by atoms with Crippen molar-refractivity contribution in [2.24, 2.45) is 4.99 Å². The predicted octanol–water partition coefficient (Wildman–Crippen LogP) is 3.03. The average molecular weight is 450 g/mol. The number of halogens is 1. The van der Waals surface area contributed by atoms with Crippen LogP contribution in [0.25, 0.3) is 5.69 Å². The fraction of sp³-hybridized carbons (Fsp3) is 0.292. The lowest BCUT2D eigenvalue weighted by Crippen LogP contribution is -2.42. The molecule has 0 saturated carbocycles. The Morgan fingerprint density at radius 3 is 2.64 bits per heavy atom. The van der Waals surface area contributed by atoms with Crippen LogP contribution >= 0.6 is 0 Å². The molecule has 8 nitrogen and oxygen atoms in total. The predicted molar refractivity (Wildman–Crippen MR) is 127 cm³/mol. The second kappa shape index (κ2) is 11.5. The van der Waals surface area contributed by atoms with Crippen molar-refractivity contribution in [3.63, 3.8) is 0 Å². The van der Waals surface area contributed by atoms with Crippen LogP contribution in [0.3, 0.4) is 0 Å². The zero-order chi connectivity index (χ0) is 23.6. The quantitative estimate of drug-likeness (QED) is 0.263. The van der Waals surface area contributed by atoms with Crippen molar-refractivity contribution in [1.29, 1.82) is 5.26 Å². The lowest BCUT2D eigenvalue weighted by atomic mass is 10.1. The summed E-state index contributed by atoms with van der Waals surface area (Å²) in [6, 6.07) is 18.0. The highest BCUT2D eigenvalue weighted by Crippen LogP contribution is 2.21. The third kappa shape index (κ3) is 6.23. The molecule has 0 fully saturated rings. The van der Waals surface area contributed by atoms with Gasteiger partial charge in [0.1, 0.15) is 23.6 Å². The monoisotopic (exact) mass is 449 g/mol. The lowest BCUT2D eigenvalue weighted by molar-refractivity contribution is 0.214. The molecule has 0 radical (unpaired) electrons. The maximum Gasteiger partial charge on any atom is 0.191 e. The molecule has 33 heavy (non-hydrogen) atoms. The summed E-state index contributed by atoms with van der Waals surface area (Å²) >= 11 is 0. The number of hydrogen-bond donors (Lipinski definition) is 3. The van der Waals surface area contributed by atoms with Gasteiger partial charge < -0.3 is 21.1 Å². The number of nitrogens with zero attached hydrogens (tertiary/aromatic N) is 4. The van der Waals surface area contributed by atoms with E-state index in [2.05, 4.69) is 26.8 Å². The van der Waals surface area contributed by atoms with Crippen LogP contribution < -0.4 is 21.1 Å². The molecule has 1 unspecified atom stereocenters. The van der Waals surface area contributed by atoms with Crippen molar-refractivity contribution in [3.8, 4) is 17.5 Å². The van der Waals surface area contributed by atoms with E-state index >= 15 is 0 Å². The Kier molecular flexibility index (Phi) is 8.24. The average Bonchev–Trinajstić information content (AvgIpc) is 3.15. The van der Waals surface area contributed by atoms with E-state index in [1.165, 1.54) is 6.07 Å². The van der Waals surface area contributed by atoms with Gasteiger partial charge in [-0.1, -0.05) is 30.3 Å². The molecule has 0 bridgehead atoms. The summed E-state index contributed by atoms with van der Waals surface area (Å²) < 4.78 is 20.9. The van der Waals surface area contributed by atoms with Gasteiger partial charge in [0.15, 0.2) is 17.5 Å². The SMILES string of the molecule is CN=C(NCCCc1nn(-c2ccccc2)c(N)c1C#N)NCC(C)Oc1ccccc1F. The molecule has 0 amide bonds. The van der Waals surface area contributed by atoms with Crippen LogP contribution in [-0.4, -0.2) is 42.0 Å². The number of nitrogen functional groups attached to an aromatic ring is 1. The van der Waals surface area contributed by atoms with Gasteiger partial charge in [-0.05, 0) is 44.0 Å². The van der Waals surface area contributed by atoms with Crippen LogP contribution in [-0.2, 0) is 6.42 Å². The van der Waals surface area contributed by atoms with Gasteiger partial charge in [0, 0.05) is 13.6 Å². The molecule has 9 heteroatoms. The Morgan fingerprint density at radius 2 is 1.94 bits per heavy atom. The van der Waals surface area contributed by atoms with Crippen molar-refractivity contribution in [2.45, 2.75) is 25.9 Å². The summed E-state index contributed by atoms with van der Waals surface area (Å²) in [5, 5.41) is 20.5. The first-order valence-corrected chi connectivity index (χ1v) is 10.7. The van der Waals surface area contributed by atoms with E-state index < -0.39 is 0 Å². The van der Waals surface area contributed by atoms with Gasteiger partial charge in [0.05, 0.1) is 17.9 Å². The van der Waals surface area contributed by atoms with Gasteiger partial charge in [-0.15, -0.1) is 0 Å². The number of nitriles is 1. The largest absolute Gasteiger partial charge is 0.486 e. The fourth-order valence-corrected chi connectivity index (χ4v) is 3.26. The fourth-order valence-electron chi connectivity index (χ4n) is 3.26. The summed E-state index contributed by atoms with van der Waals surface area (Å²) in [4.78, 5) is 4.19. The van der Waals surface area contributed by atoms with E-state index in [1.807, 2.05) is 37.3 Å². The number of guanidine groups is 1. The van der Waals surface area contributed by atoms with Crippen molar-refractivity contribution < 1.29 is 9.13 Å². The zero-order valence-electron chi connectivity index (χ0n) is 18.8. The topological polar surface area (TPSA) is 113 Å². The number of para-hydroxylation sites is 2. The molecular weight excluding hydrogens is 421 g/mol. The van der Waals surface area contributed by atoms with Crippen molar-refractivity contribution in [2.75, 3.05) is 25.9 Å². The van der Waals surface area contributed by atoms with E-state index in [4.69, 9.17) is 10.5 Å². The van der Waals surface area contributed by atoms with Crippen LogP contribution in [0.4, 0.5) is 10.2 Å². The van der Waals surface area contributed by atoms with Gasteiger partial charge in [0.2, 0.25) is 0 Å². The molecule has 3 aromatic rings. The van der Waals surface area contributed by atoms with Crippen LogP contribution in [0.5, 0.6) is 5.75 Å². The normalized spacial score (nSPS) is 12.1. The number of rotatable bonds is 9. The van der Waals surface area contributed by atoms with E-state index in [0.29, 0.717) is 42.5 Å². The van der Waals surface area contributed by atoms with Crippen molar-refractivity contribution >= 4 is 11.8 Å². The summed E-state index contributed by atoms with van der Waals surface area (Å²) in [7, 11) is 1.67. The Balaban J connectivity index is 1.48. The Labute approximate surface area is 192 Å².